The number of benzene rings is 3. The quantitative estimate of drug-likeness (QED) is 0.0761. The third kappa shape index (κ3) is 11.1. The lowest BCUT2D eigenvalue weighted by molar-refractivity contribution is -0.144. The van der Waals surface area contributed by atoms with Crippen molar-refractivity contribution in [1.29, 1.82) is 5.26 Å². The van der Waals surface area contributed by atoms with Gasteiger partial charge < -0.3 is 25.2 Å². The van der Waals surface area contributed by atoms with Gasteiger partial charge in [0.05, 0.1) is 51.0 Å². The SMILES string of the molecule is Cc1ncsc1-c1ccc(CNC(=O)[C@@H]2CCCN2C(=O)C(NC(=O)CCCN2CC(Oc3ccc(-c4ccc(N5C(=S)N(c6ccc(C#N)c(C(F)(F)F)c6F)C(=O)C5(C)C)cn4)cc3)C2)C(C)(C)C)cc1. The van der Waals surface area contributed by atoms with Crippen molar-refractivity contribution in [3.8, 4) is 33.5 Å². The summed E-state index contributed by atoms with van der Waals surface area (Å²) in [6, 6.07) is 20.4. The molecular weight excluding hydrogens is 983 g/mol. The molecule has 0 radical (unpaired) electrons. The number of hydrogen-bond donors (Lipinski definition) is 2. The number of likely N-dealkylation sites (tertiary alicyclic amines) is 2. The third-order valence-electron chi connectivity index (χ3n) is 13.4. The van der Waals surface area contributed by atoms with E-state index in [1.54, 1.807) is 28.4 Å². The van der Waals surface area contributed by atoms with E-state index < -0.39 is 57.8 Å². The second kappa shape index (κ2) is 21.0. The van der Waals surface area contributed by atoms with Crippen molar-refractivity contribution < 1.29 is 41.5 Å². The van der Waals surface area contributed by atoms with Crippen molar-refractivity contribution >= 4 is 63.7 Å². The summed E-state index contributed by atoms with van der Waals surface area (Å²) in [4.78, 5) is 70.3. The molecule has 14 nitrogen and oxygen atoms in total. The Morgan fingerprint density at radius 3 is 2.30 bits per heavy atom. The largest absolute Gasteiger partial charge is 0.488 e. The number of halogens is 4. The van der Waals surface area contributed by atoms with E-state index in [0.717, 1.165) is 39.4 Å². The smallest absolute Gasteiger partial charge is 0.420 e. The van der Waals surface area contributed by atoms with E-state index in [4.69, 9.17) is 17.0 Å². The number of amides is 4. The normalized spacial score (nSPS) is 17.6. The number of nitrogens with zero attached hydrogens (tertiary/aromatic N) is 7. The number of nitriles is 1. The van der Waals surface area contributed by atoms with Crippen LogP contribution in [0.5, 0.6) is 5.75 Å². The summed E-state index contributed by atoms with van der Waals surface area (Å²) < 4.78 is 63.0. The first-order valence-corrected chi connectivity index (χ1v) is 25.2. The molecule has 1 unspecified atom stereocenters. The van der Waals surface area contributed by atoms with E-state index in [9.17, 15) is 37.6 Å². The Bertz CT molecular complexity index is 2950. The number of thiazole rings is 1. The monoisotopic (exact) mass is 1040 g/mol. The van der Waals surface area contributed by atoms with Gasteiger partial charge in [0.1, 0.15) is 35.0 Å². The summed E-state index contributed by atoms with van der Waals surface area (Å²) in [5, 5.41) is 15.0. The van der Waals surface area contributed by atoms with Crippen molar-refractivity contribution in [3.63, 3.8) is 0 Å². The molecule has 4 amide bonds. The summed E-state index contributed by atoms with van der Waals surface area (Å²) in [5.74, 6) is -2.58. The number of aryl methyl sites for hydroxylation is 1. The van der Waals surface area contributed by atoms with Crippen LogP contribution in [0.15, 0.2) is 84.5 Å². The highest BCUT2D eigenvalue weighted by atomic mass is 32.1. The highest BCUT2D eigenvalue weighted by molar-refractivity contribution is 7.81. The molecule has 3 saturated heterocycles. The van der Waals surface area contributed by atoms with Crippen LogP contribution in [0.2, 0.25) is 0 Å². The van der Waals surface area contributed by atoms with Crippen LogP contribution in [0.25, 0.3) is 21.7 Å². The van der Waals surface area contributed by atoms with Crippen molar-refractivity contribution in [2.75, 3.05) is 36.0 Å². The van der Waals surface area contributed by atoms with E-state index in [2.05, 4.69) is 25.5 Å². The number of pyridine rings is 1. The molecule has 73 heavy (non-hydrogen) atoms. The number of nitrogens with one attached hydrogen (secondary N) is 2. The van der Waals surface area contributed by atoms with Crippen molar-refractivity contribution in [1.82, 2.24) is 30.4 Å². The van der Waals surface area contributed by atoms with E-state index in [0.29, 0.717) is 74.0 Å². The van der Waals surface area contributed by atoms with Crippen LogP contribution in [0.1, 0.15) is 82.7 Å². The zero-order chi connectivity index (χ0) is 52.6. The number of carbonyl (C=O) groups is 4. The molecule has 3 aliphatic heterocycles. The van der Waals surface area contributed by atoms with Crippen LogP contribution >= 0.6 is 23.6 Å². The number of anilines is 2. The molecule has 8 rings (SSSR count). The molecule has 0 bridgehead atoms. The molecular formula is C53H55F4N9O5S2. The number of aromatic nitrogens is 2. The van der Waals surface area contributed by atoms with Crippen LogP contribution in [-0.4, -0.2) is 98.4 Å². The summed E-state index contributed by atoms with van der Waals surface area (Å²) in [6.45, 7) is 13.5. The second-order valence-corrected chi connectivity index (χ2v) is 21.2. The molecule has 3 aliphatic rings. The van der Waals surface area contributed by atoms with Crippen LogP contribution < -0.4 is 25.2 Å². The topological polar surface area (TPSA) is 164 Å². The summed E-state index contributed by atoms with van der Waals surface area (Å²) in [7, 11) is 0. The van der Waals surface area contributed by atoms with Gasteiger partial charge in [0, 0.05) is 38.2 Å². The fourth-order valence-electron chi connectivity index (χ4n) is 9.39. The van der Waals surface area contributed by atoms with Crippen LogP contribution in [-0.2, 0) is 31.9 Å². The van der Waals surface area contributed by atoms with Crippen molar-refractivity contribution in [3.05, 3.63) is 113 Å². The lowest BCUT2D eigenvalue weighted by atomic mass is 9.85. The second-order valence-electron chi connectivity index (χ2n) is 20.0. The number of thiocarbonyl (C=S) groups is 1. The Labute approximate surface area is 430 Å². The number of carbonyl (C=O) groups excluding carboxylic acids is 4. The van der Waals surface area contributed by atoms with E-state index in [-0.39, 0.29) is 35.4 Å². The molecule has 3 aromatic carbocycles. The molecule has 0 spiro atoms. The molecule has 20 heteroatoms. The van der Waals surface area contributed by atoms with Crippen molar-refractivity contribution in [2.24, 2.45) is 5.41 Å². The minimum Gasteiger partial charge on any atom is -0.488 e. The molecule has 5 aromatic rings. The summed E-state index contributed by atoms with van der Waals surface area (Å²) in [6.07, 6.45) is -1.73. The van der Waals surface area contributed by atoms with E-state index in [1.165, 1.54) is 31.0 Å². The van der Waals surface area contributed by atoms with Gasteiger partial charge >= 0.3 is 6.18 Å². The van der Waals surface area contributed by atoms with Crippen molar-refractivity contribution in [2.45, 2.75) is 104 Å². The number of alkyl halides is 3. The number of ether oxygens (including phenoxy) is 1. The van der Waals surface area contributed by atoms with E-state index in [1.807, 2.05) is 81.7 Å². The molecule has 0 saturated carbocycles. The van der Waals surface area contributed by atoms with Gasteiger partial charge in [-0.05, 0) is 124 Å². The fraction of sp³-hybridized carbons (Fsp3) is 0.396. The van der Waals surface area contributed by atoms with Gasteiger partial charge in [0.2, 0.25) is 17.7 Å². The Hall–Kier alpha value is -6.82. The predicted octanol–water partition coefficient (Wildman–Crippen LogP) is 8.81. The maximum atomic E-state index is 15.5. The zero-order valence-corrected chi connectivity index (χ0v) is 42.8. The fourth-order valence-corrected chi connectivity index (χ4v) is 10.7. The van der Waals surface area contributed by atoms with Gasteiger partial charge in [-0.2, -0.15) is 18.4 Å². The standard InChI is InChI=1S/C53H55F4N9O5S2/c1-31-45(73-30-61-31)34-13-11-32(12-14-34)26-60-47(68)41-9-7-24-64(41)48(69)46(51(2,3)4)62-42(67)10-8-23-63-28-38(29-63)71-37-19-15-33(16-20-37)39-21-18-36(27-59-39)66-50(72)65(49(70)52(66,5)6)40-22-17-35(25-58)43(44(40)54)53(55,56)57/h11-22,27,30,38,41,46H,7-10,23-24,26,28-29H2,1-6H3,(H,60,68)(H,62,67)/t41-,46?/m0/s1. The molecule has 0 aliphatic carbocycles. The van der Waals surface area contributed by atoms with Crippen LogP contribution in [0, 0.1) is 29.5 Å². The minimum absolute atomic E-state index is 0.0580. The molecule has 3 fully saturated rings. The number of hydrogen-bond acceptors (Lipinski definition) is 11. The van der Waals surface area contributed by atoms with Gasteiger partial charge in [-0.3, -0.25) is 34.0 Å². The molecule has 2 N–H and O–H groups in total. The maximum Gasteiger partial charge on any atom is 0.420 e. The first-order valence-electron chi connectivity index (χ1n) is 23.9. The highest BCUT2D eigenvalue weighted by Crippen LogP contribution is 2.42. The van der Waals surface area contributed by atoms with Crippen LogP contribution in [0.3, 0.4) is 0 Å². The lowest BCUT2D eigenvalue weighted by Gasteiger charge is -2.39. The van der Waals surface area contributed by atoms with Gasteiger partial charge in [0.25, 0.3) is 5.91 Å². The van der Waals surface area contributed by atoms with Gasteiger partial charge in [-0.15, -0.1) is 11.3 Å². The first kappa shape index (κ1) is 52.5. The highest BCUT2D eigenvalue weighted by Gasteiger charge is 2.52. The predicted molar refractivity (Wildman–Crippen MR) is 273 cm³/mol. The Balaban J connectivity index is 0.783. The first-order chi connectivity index (χ1) is 34.6. The van der Waals surface area contributed by atoms with Gasteiger partial charge in [-0.25, -0.2) is 9.37 Å². The molecule has 5 heterocycles. The lowest BCUT2D eigenvalue weighted by Crippen LogP contribution is -2.57. The molecule has 2 aromatic heterocycles. The molecule has 2 atom stereocenters. The minimum atomic E-state index is -5.19. The molecule has 382 valence electrons. The van der Waals surface area contributed by atoms with E-state index >= 15 is 4.39 Å². The third-order valence-corrected chi connectivity index (χ3v) is 14.7. The summed E-state index contributed by atoms with van der Waals surface area (Å²) >= 11 is 7.14. The summed E-state index contributed by atoms with van der Waals surface area (Å²) in [5.41, 5.74) is 1.06. The van der Waals surface area contributed by atoms with Crippen LogP contribution in [0.4, 0.5) is 28.9 Å². The number of rotatable bonds is 15. The average molecular weight is 1040 g/mol. The zero-order valence-electron chi connectivity index (χ0n) is 41.2. The Morgan fingerprint density at radius 1 is 0.986 bits per heavy atom. The maximum absolute atomic E-state index is 15.5. The Morgan fingerprint density at radius 2 is 1.68 bits per heavy atom. The van der Waals surface area contributed by atoms with Gasteiger partial charge in [-0.1, -0.05) is 45.0 Å². The average Bonchev–Trinajstić information content (AvgIpc) is 4.05. The van der Waals surface area contributed by atoms with Gasteiger partial charge in [0.15, 0.2) is 10.9 Å². The Kier molecular flexibility index (Phi) is 15.1.